The molecule has 0 spiro atoms. The molecule has 0 unspecified atom stereocenters. The summed E-state index contributed by atoms with van der Waals surface area (Å²) in [5.74, 6) is -0.202. The molecular formula is C13H17FN2S. The van der Waals surface area contributed by atoms with Crippen molar-refractivity contribution in [1.82, 2.24) is 0 Å². The molecule has 1 aromatic rings. The first-order chi connectivity index (χ1) is 8.01. The van der Waals surface area contributed by atoms with Crippen LogP contribution in [0.1, 0.15) is 19.3 Å². The van der Waals surface area contributed by atoms with Crippen molar-refractivity contribution in [2.75, 3.05) is 18.5 Å². The van der Waals surface area contributed by atoms with Crippen LogP contribution in [0.5, 0.6) is 0 Å². The minimum atomic E-state index is -0.202. The standard InChI is InChI=1S/C13H17FN2S/c1-16(11-4-2-10(14)3-5-11)9-13(6-7-13)8-12(15)17/h2-5H,6-9H2,1H3,(H2,15,17). The highest BCUT2D eigenvalue weighted by atomic mass is 32.1. The summed E-state index contributed by atoms with van der Waals surface area (Å²) in [5.41, 5.74) is 6.90. The van der Waals surface area contributed by atoms with E-state index in [4.69, 9.17) is 18.0 Å². The number of hydrogen-bond acceptors (Lipinski definition) is 2. The van der Waals surface area contributed by atoms with Crippen molar-refractivity contribution in [2.45, 2.75) is 19.3 Å². The molecule has 0 aliphatic heterocycles. The van der Waals surface area contributed by atoms with E-state index in [0.29, 0.717) is 4.99 Å². The second kappa shape index (κ2) is 4.61. The number of benzene rings is 1. The lowest BCUT2D eigenvalue weighted by Gasteiger charge is -2.25. The van der Waals surface area contributed by atoms with Crippen molar-refractivity contribution in [3.05, 3.63) is 30.1 Å². The molecule has 1 aliphatic carbocycles. The number of thiocarbonyl (C=S) groups is 1. The first kappa shape index (κ1) is 12.3. The van der Waals surface area contributed by atoms with Crippen LogP contribution in [-0.2, 0) is 0 Å². The Hall–Kier alpha value is -1.16. The van der Waals surface area contributed by atoms with Gasteiger partial charge in [0.1, 0.15) is 5.82 Å². The van der Waals surface area contributed by atoms with Gasteiger partial charge in [-0.1, -0.05) is 12.2 Å². The summed E-state index contributed by atoms with van der Waals surface area (Å²) >= 11 is 4.98. The third-order valence-electron chi connectivity index (χ3n) is 3.35. The number of nitrogens with two attached hydrogens (primary N) is 1. The van der Waals surface area contributed by atoms with Gasteiger partial charge in [-0.15, -0.1) is 0 Å². The molecule has 0 heterocycles. The highest BCUT2D eigenvalue weighted by Crippen LogP contribution is 2.49. The molecule has 2 nitrogen and oxygen atoms in total. The molecule has 0 aromatic heterocycles. The van der Waals surface area contributed by atoms with Crippen LogP contribution in [0, 0.1) is 11.2 Å². The van der Waals surface area contributed by atoms with Gasteiger partial charge < -0.3 is 10.6 Å². The van der Waals surface area contributed by atoms with E-state index in [9.17, 15) is 4.39 Å². The molecule has 1 saturated carbocycles. The maximum atomic E-state index is 12.8. The van der Waals surface area contributed by atoms with Crippen molar-refractivity contribution in [3.8, 4) is 0 Å². The lowest BCUT2D eigenvalue weighted by atomic mass is 10.0. The van der Waals surface area contributed by atoms with Crippen LogP contribution in [0.15, 0.2) is 24.3 Å². The summed E-state index contributed by atoms with van der Waals surface area (Å²) in [4.78, 5) is 2.74. The molecule has 92 valence electrons. The van der Waals surface area contributed by atoms with Crippen molar-refractivity contribution in [2.24, 2.45) is 11.1 Å². The zero-order valence-corrected chi connectivity index (χ0v) is 10.8. The van der Waals surface area contributed by atoms with Gasteiger partial charge >= 0.3 is 0 Å². The summed E-state index contributed by atoms with van der Waals surface area (Å²) in [6, 6.07) is 6.57. The number of hydrogen-bond donors (Lipinski definition) is 1. The van der Waals surface area contributed by atoms with E-state index in [0.717, 1.165) is 18.7 Å². The van der Waals surface area contributed by atoms with Crippen molar-refractivity contribution >= 4 is 22.9 Å². The van der Waals surface area contributed by atoms with E-state index in [2.05, 4.69) is 4.90 Å². The zero-order valence-electron chi connectivity index (χ0n) is 9.95. The highest BCUT2D eigenvalue weighted by molar-refractivity contribution is 7.80. The Labute approximate surface area is 107 Å². The summed E-state index contributed by atoms with van der Waals surface area (Å²) in [6.45, 7) is 0.927. The maximum absolute atomic E-state index is 12.8. The molecule has 0 bridgehead atoms. The third-order valence-corrected chi connectivity index (χ3v) is 3.49. The fourth-order valence-corrected chi connectivity index (χ4v) is 2.53. The van der Waals surface area contributed by atoms with E-state index in [1.54, 1.807) is 12.1 Å². The SMILES string of the molecule is CN(CC1(CC(N)=S)CC1)c1ccc(F)cc1. The number of nitrogens with zero attached hydrogens (tertiary/aromatic N) is 1. The Morgan fingerprint density at radius 3 is 2.47 bits per heavy atom. The Morgan fingerprint density at radius 1 is 1.41 bits per heavy atom. The molecule has 4 heteroatoms. The quantitative estimate of drug-likeness (QED) is 0.817. The van der Waals surface area contributed by atoms with Gasteiger partial charge in [-0.3, -0.25) is 0 Å². The average molecular weight is 252 g/mol. The monoisotopic (exact) mass is 252 g/mol. The summed E-state index contributed by atoms with van der Waals surface area (Å²) in [6.07, 6.45) is 3.17. The topological polar surface area (TPSA) is 29.3 Å². The van der Waals surface area contributed by atoms with Gasteiger partial charge in [0.15, 0.2) is 0 Å². The van der Waals surface area contributed by atoms with Crippen molar-refractivity contribution in [1.29, 1.82) is 0 Å². The largest absolute Gasteiger partial charge is 0.393 e. The van der Waals surface area contributed by atoms with E-state index in [1.165, 1.54) is 25.0 Å². The highest BCUT2D eigenvalue weighted by Gasteiger charge is 2.43. The zero-order chi connectivity index (χ0) is 12.5. The fraction of sp³-hybridized carbons (Fsp3) is 0.462. The second-order valence-corrected chi connectivity index (χ2v) is 5.50. The fourth-order valence-electron chi connectivity index (χ4n) is 2.23. The predicted octanol–water partition coefficient (Wildman–Crippen LogP) is 2.72. The van der Waals surface area contributed by atoms with E-state index in [-0.39, 0.29) is 11.2 Å². The van der Waals surface area contributed by atoms with Crippen LogP contribution >= 0.6 is 12.2 Å². The maximum Gasteiger partial charge on any atom is 0.123 e. The normalized spacial score (nSPS) is 16.6. The molecule has 0 amide bonds. The van der Waals surface area contributed by atoms with Crippen molar-refractivity contribution in [3.63, 3.8) is 0 Å². The van der Waals surface area contributed by atoms with Crippen LogP contribution in [0.25, 0.3) is 0 Å². The minimum absolute atomic E-state index is 0.202. The molecule has 2 N–H and O–H groups in total. The summed E-state index contributed by atoms with van der Waals surface area (Å²) in [7, 11) is 2.02. The molecule has 0 atom stereocenters. The van der Waals surface area contributed by atoms with E-state index in [1.807, 2.05) is 7.05 Å². The van der Waals surface area contributed by atoms with Crippen LogP contribution in [0.3, 0.4) is 0 Å². The van der Waals surface area contributed by atoms with Gasteiger partial charge in [0, 0.05) is 25.7 Å². The van der Waals surface area contributed by atoms with Gasteiger partial charge in [-0.05, 0) is 42.5 Å². The molecular weight excluding hydrogens is 235 g/mol. The molecule has 1 aromatic carbocycles. The predicted molar refractivity (Wildman–Crippen MR) is 72.7 cm³/mol. The lowest BCUT2D eigenvalue weighted by Crippen LogP contribution is -2.29. The van der Waals surface area contributed by atoms with E-state index < -0.39 is 0 Å². The Kier molecular flexibility index (Phi) is 3.33. The molecule has 0 radical (unpaired) electrons. The Bertz CT molecular complexity index is 412. The van der Waals surface area contributed by atoms with Gasteiger partial charge in [0.2, 0.25) is 0 Å². The summed E-state index contributed by atoms with van der Waals surface area (Å²) in [5, 5.41) is 0. The third kappa shape index (κ3) is 3.16. The van der Waals surface area contributed by atoms with Crippen LogP contribution < -0.4 is 10.6 Å². The lowest BCUT2D eigenvalue weighted by molar-refractivity contribution is 0.533. The number of halogens is 1. The van der Waals surface area contributed by atoms with Gasteiger partial charge in [-0.2, -0.15) is 0 Å². The van der Waals surface area contributed by atoms with Gasteiger partial charge in [-0.25, -0.2) is 4.39 Å². The molecule has 0 saturated heterocycles. The smallest absolute Gasteiger partial charge is 0.123 e. The first-order valence-corrected chi connectivity index (χ1v) is 6.17. The Morgan fingerprint density at radius 2 is 2.00 bits per heavy atom. The summed E-state index contributed by atoms with van der Waals surface area (Å²) < 4.78 is 12.8. The van der Waals surface area contributed by atoms with Gasteiger partial charge in [0.05, 0.1) is 4.99 Å². The first-order valence-electron chi connectivity index (χ1n) is 5.76. The van der Waals surface area contributed by atoms with Crippen LogP contribution in [0.2, 0.25) is 0 Å². The van der Waals surface area contributed by atoms with Gasteiger partial charge in [0.25, 0.3) is 0 Å². The minimum Gasteiger partial charge on any atom is -0.393 e. The Balaban J connectivity index is 1.99. The molecule has 1 fully saturated rings. The van der Waals surface area contributed by atoms with Crippen LogP contribution in [0.4, 0.5) is 10.1 Å². The molecule has 17 heavy (non-hydrogen) atoms. The van der Waals surface area contributed by atoms with Crippen molar-refractivity contribution < 1.29 is 4.39 Å². The van der Waals surface area contributed by atoms with E-state index >= 15 is 0 Å². The molecule has 1 aliphatic rings. The number of anilines is 1. The number of rotatable bonds is 5. The second-order valence-electron chi connectivity index (χ2n) is 4.98. The van der Waals surface area contributed by atoms with Crippen LogP contribution in [-0.4, -0.2) is 18.6 Å². The average Bonchev–Trinajstić information content (AvgIpc) is 2.97. The molecule has 2 rings (SSSR count).